The van der Waals surface area contributed by atoms with Crippen LogP contribution in [-0.4, -0.2) is 31.3 Å². The molecule has 1 unspecified atom stereocenters. The molecule has 0 bridgehead atoms. The van der Waals surface area contributed by atoms with Crippen LogP contribution in [0.3, 0.4) is 0 Å². The molecule has 0 fully saturated rings. The molecule has 3 nitrogen and oxygen atoms in total. The van der Waals surface area contributed by atoms with Crippen LogP contribution in [0.2, 0.25) is 0 Å². The summed E-state index contributed by atoms with van der Waals surface area (Å²) in [5, 5.41) is 3.20. The summed E-state index contributed by atoms with van der Waals surface area (Å²) in [6, 6.07) is 9.01. The van der Waals surface area contributed by atoms with Gasteiger partial charge in [0.2, 0.25) is 0 Å². The standard InChI is InChI=1S/C11H15NO2S2/c1-12-10(16-15-2)8-14-11(13)9-6-4-3-5-7-9/h3-7,10,12H,8H2,1-2H3. The molecule has 16 heavy (non-hydrogen) atoms. The summed E-state index contributed by atoms with van der Waals surface area (Å²) in [4.78, 5) is 11.6. The summed E-state index contributed by atoms with van der Waals surface area (Å²) >= 11 is 0. The van der Waals surface area contributed by atoms with Gasteiger partial charge in [-0.3, -0.25) is 0 Å². The van der Waals surface area contributed by atoms with Gasteiger partial charge in [0.05, 0.1) is 10.9 Å². The minimum absolute atomic E-state index is 0.127. The normalized spacial score (nSPS) is 12.1. The maximum absolute atomic E-state index is 11.6. The first-order valence-electron chi connectivity index (χ1n) is 4.87. The summed E-state index contributed by atoms with van der Waals surface area (Å²) in [6.45, 7) is 0.371. The second-order valence-corrected chi connectivity index (χ2v) is 5.68. The molecule has 1 aromatic rings. The SMILES string of the molecule is CNC(COC(=O)c1ccccc1)SSC. The molecule has 5 heteroatoms. The molecule has 0 spiro atoms. The summed E-state index contributed by atoms with van der Waals surface area (Å²) < 4.78 is 5.20. The zero-order valence-electron chi connectivity index (χ0n) is 9.30. The summed E-state index contributed by atoms with van der Waals surface area (Å²) in [7, 11) is 5.14. The fourth-order valence-electron chi connectivity index (χ4n) is 1.08. The Labute approximate surface area is 104 Å². The maximum atomic E-state index is 11.6. The van der Waals surface area contributed by atoms with E-state index in [9.17, 15) is 4.79 Å². The van der Waals surface area contributed by atoms with Crippen molar-refractivity contribution in [1.82, 2.24) is 5.32 Å². The minimum atomic E-state index is -0.275. The number of ether oxygens (including phenoxy) is 1. The largest absolute Gasteiger partial charge is 0.459 e. The highest BCUT2D eigenvalue weighted by Gasteiger charge is 2.11. The van der Waals surface area contributed by atoms with Gasteiger partial charge in [-0.25, -0.2) is 4.79 Å². The van der Waals surface area contributed by atoms with Gasteiger partial charge in [0.1, 0.15) is 6.61 Å². The van der Waals surface area contributed by atoms with Gasteiger partial charge in [-0.05, 0) is 25.4 Å². The van der Waals surface area contributed by atoms with E-state index >= 15 is 0 Å². The van der Waals surface area contributed by atoms with Gasteiger partial charge in [0.15, 0.2) is 0 Å². The van der Waals surface area contributed by atoms with Gasteiger partial charge in [0.25, 0.3) is 0 Å². The number of benzene rings is 1. The van der Waals surface area contributed by atoms with E-state index in [0.717, 1.165) is 0 Å². The molecule has 1 N–H and O–H groups in total. The van der Waals surface area contributed by atoms with Gasteiger partial charge >= 0.3 is 5.97 Å². The predicted octanol–water partition coefficient (Wildman–Crippen LogP) is 2.40. The predicted molar refractivity (Wildman–Crippen MR) is 70.7 cm³/mol. The second-order valence-electron chi connectivity index (χ2n) is 3.00. The molecular weight excluding hydrogens is 242 g/mol. The lowest BCUT2D eigenvalue weighted by atomic mass is 10.2. The van der Waals surface area contributed by atoms with Crippen LogP contribution in [0.4, 0.5) is 0 Å². The van der Waals surface area contributed by atoms with Crippen LogP contribution < -0.4 is 5.32 Å². The maximum Gasteiger partial charge on any atom is 0.338 e. The van der Waals surface area contributed by atoms with Crippen molar-refractivity contribution in [1.29, 1.82) is 0 Å². The third kappa shape index (κ3) is 4.47. The molecule has 1 rings (SSSR count). The molecule has 0 saturated carbocycles. The average Bonchev–Trinajstić information content (AvgIpc) is 2.35. The smallest absolute Gasteiger partial charge is 0.338 e. The molecule has 0 heterocycles. The molecule has 88 valence electrons. The van der Waals surface area contributed by atoms with Crippen molar-refractivity contribution in [2.45, 2.75) is 5.37 Å². The Morgan fingerprint density at radius 1 is 1.44 bits per heavy atom. The third-order valence-corrected chi connectivity index (χ3v) is 3.98. The Bertz CT molecular complexity index is 319. The van der Waals surface area contributed by atoms with E-state index in [1.54, 1.807) is 33.7 Å². The second kappa shape index (κ2) is 7.60. The summed E-state index contributed by atoms with van der Waals surface area (Å²) in [6.07, 6.45) is 1.99. The van der Waals surface area contributed by atoms with Crippen molar-refractivity contribution >= 4 is 27.6 Å². The fraction of sp³-hybridized carbons (Fsp3) is 0.364. The highest BCUT2D eigenvalue weighted by atomic mass is 33.1. The van der Waals surface area contributed by atoms with E-state index in [2.05, 4.69) is 5.32 Å². The van der Waals surface area contributed by atoms with E-state index in [4.69, 9.17) is 4.74 Å². The first kappa shape index (κ1) is 13.4. The van der Waals surface area contributed by atoms with Crippen LogP contribution in [0, 0.1) is 0 Å². The molecule has 0 aliphatic heterocycles. The van der Waals surface area contributed by atoms with Gasteiger partial charge in [-0.2, -0.15) is 0 Å². The number of hydrogen-bond acceptors (Lipinski definition) is 5. The van der Waals surface area contributed by atoms with Crippen molar-refractivity contribution in [3.05, 3.63) is 35.9 Å². The number of hydrogen-bond donors (Lipinski definition) is 1. The molecular formula is C11H15NO2S2. The van der Waals surface area contributed by atoms with Crippen LogP contribution in [0.25, 0.3) is 0 Å². The van der Waals surface area contributed by atoms with E-state index in [1.165, 1.54) is 0 Å². The van der Waals surface area contributed by atoms with Crippen LogP contribution in [-0.2, 0) is 4.74 Å². The highest BCUT2D eigenvalue weighted by Crippen LogP contribution is 2.21. The van der Waals surface area contributed by atoms with Gasteiger partial charge in [-0.15, -0.1) is 0 Å². The Kier molecular flexibility index (Phi) is 6.37. The van der Waals surface area contributed by atoms with E-state index in [1.807, 2.05) is 31.5 Å². The van der Waals surface area contributed by atoms with Crippen molar-refractivity contribution < 1.29 is 9.53 Å². The van der Waals surface area contributed by atoms with Gasteiger partial charge in [-0.1, -0.05) is 39.8 Å². The van der Waals surface area contributed by atoms with Crippen LogP contribution >= 0.6 is 21.6 Å². The third-order valence-electron chi connectivity index (χ3n) is 1.91. The Morgan fingerprint density at radius 2 is 2.12 bits per heavy atom. The van der Waals surface area contributed by atoms with E-state index in [0.29, 0.717) is 12.2 Å². The first-order valence-corrected chi connectivity index (χ1v) is 7.49. The molecule has 0 amide bonds. The minimum Gasteiger partial charge on any atom is -0.459 e. The topological polar surface area (TPSA) is 38.3 Å². The van der Waals surface area contributed by atoms with Crippen molar-refractivity contribution in [3.8, 4) is 0 Å². The molecule has 1 atom stereocenters. The number of carbonyl (C=O) groups excluding carboxylic acids is 1. The summed E-state index contributed by atoms with van der Waals surface area (Å²) in [5.74, 6) is -0.275. The Balaban J connectivity index is 2.40. The highest BCUT2D eigenvalue weighted by molar-refractivity contribution is 8.76. The fourth-order valence-corrected chi connectivity index (χ4v) is 2.69. The van der Waals surface area contributed by atoms with Crippen LogP contribution in [0.1, 0.15) is 10.4 Å². The van der Waals surface area contributed by atoms with Crippen molar-refractivity contribution in [3.63, 3.8) is 0 Å². The van der Waals surface area contributed by atoms with Crippen molar-refractivity contribution in [2.24, 2.45) is 0 Å². The van der Waals surface area contributed by atoms with Gasteiger partial charge in [0, 0.05) is 0 Å². The summed E-state index contributed by atoms with van der Waals surface area (Å²) in [5.41, 5.74) is 0.589. The molecule has 0 saturated heterocycles. The van der Waals surface area contributed by atoms with Crippen LogP contribution in [0.5, 0.6) is 0 Å². The number of nitrogens with one attached hydrogen (secondary N) is 1. The molecule has 0 radical (unpaired) electrons. The monoisotopic (exact) mass is 257 g/mol. The molecule has 0 aromatic heterocycles. The Hall–Kier alpha value is -0.650. The first-order chi connectivity index (χ1) is 7.77. The van der Waals surface area contributed by atoms with Gasteiger partial charge < -0.3 is 10.1 Å². The van der Waals surface area contributed by atoms with E-state index < -0.39 is 0 Å². The lowest BCUT2D eigenvalue weighted by molar-refractivity contribution is 0.0500. The molecule has 1 aromatic carbocycles. The number of likely N-dealkylation sites (N-methyl/N-ethyl adjacent to an activating group) is 1. The van der Waals surface area contributed by atoms with Crippen LogP contribution in [0.15, 0.2) is 30.3 Å². The zero-order chi connectivity index (χ0) is 11.8. The molecule has 0 aliphatic rings. The zero-order valence-corrected chi connectivity index (χ0v) is 10.9. The average molecular weight is 257 g/mol. The van der Waals surface area contributed by atoms with Crippen molar-refractivity contribution in [2.75, 3.05) is 19.9 Å². The number of rotatable bonds is 6. The Morgan fingerprint density at radius 3 is 2.69 bits per heavy atom. The quantitative estimate of drug-likeness (QED) is 0.481. The number of esters is 1. The molecule has 0 aliphatic carbocycles. The lowest BCUT2D eigenvalue weighted by Crippen LogP contribution is -2.27. The number of carbonyl (C=O) groups is 1. The van der Waals surface area contributed by atoms with E-state index in [-0.39, 0.29) is 11.3 Å². The lowest BCUT2D eigenvalue weighted by Gasteiger charge is -2.13.